The lowest BCUT2D eigenvalue weighted by Gasteiger charge is -2.37. The Morgan fingerprint density at radius 3 is 2.35 bits per heavy atom. The number of hydrogen-bond donors (Lipinski definition) is 0. The zero-order chi connectivity index (χ0) is 13.8. The number of rotatable bonds is 3. The molecule has 0 amide bonds. The van der Waals surface area contributed by atoms with Crippen molar-refractivity contribution in [3.63, 3.8) is 0 Å². The van der Waals surface area contributed by atoms with Crippen molar-refractivity contribution < 1.29 is 0 Å². The number of alkyl halides is 1. The molecular formula is C16H18ClN3. The van der Waals surface area contributed by atoms with Gasteiger partial charge in [-0.05, 0) is 23.8 Å². The fourth-order valence-electron chi connectivity index (χ4n) is 2.66. The summed E-state index contributed by atoms with van der Waals surface area (Å²) >= 11 is 6.01. The number of aromatic nitrogens is 1. The van der Waals surface area contributed by atoms with E-state index in [0.29, 0.717) is 5.88 Å². The molecule has 1 fully saturated rings. The van der Waals surface area contributed by atoms with Crippen LogP contribution < -0.4 is 9.80 Å². The third kappa shape index (κ3) is 2.73. The minimum atomic E-state index is 0.538. The van der Waals surface area contributed by atoms with Crippen molar-refractivity contribution in [2.45, 2.75) is 5.88 Å². The van der Waals surface area contributed by atoms with Crippen molar-refractivity contribution in [1.29, 1.82) is 0 Å². The second kappa shape index (κ2) is 6.14. The summed E-state index contributed by atoms with van der Waals surface area (Å²) in [6.07, 6.45) is 3.73. The van der Waals surface area contributed by atoms with Gasteiger partial charge in [-0.3, -0.25) is 4.98 Å². The molecule has 1 aliphatic heterocycles. The second-order valence-corrected chi connectivity index (χ2v) is 5.21. The summed E-state index contributed by atoms with van der Waals surface area (Å²) in [5, 5.41) is 0. The largest absolute Gasteiger partial charge is 0.368 e. The number of pyridine rings is 1. The molecule has 104 valence electrons. The molecular weight excluding hydrogens is 270 g/mol. The van der Waals surface area contributed by atoms with Crippen molar-refractivity contribution in [1.82, 2.24) is 4.98 Å². The highest BCUT2D eigenvalue weighted by Gasteiger charge is 2.19. The van der Waals surface area contributed by atoms with Crippen molar-refractivity contribution in [2.75, 3.05) is 36.0 Å². The van der Waals surface area contributed by atoms with Crippen LogP contribution in [0.15, 0.2) is 48.8 Å². The zero-order valence-electron chi connectivity index (χ0n) is 11.4. The molecule has 0 atom stereocenters. The van der Waals surface area contributed by atoms with Crippen molar-refractivity contribution >= 4 is 23.0 Å². The molecule has 0 unspecified atom stereocenters. The Bertz CT molecular complexity index is 551. The average molecular weight is 288 g/mol. The van der Waals surface area contributed by atoms with E-state index >= 15 is 0 Å². The number of para-hydroxylation sites is 1. The summed E-state index contributed by atoms with van der Waals surface area (Å²) in [4.78, 5) is 9.03. The van der Waals surface area contributed by atoms with Crippen LogP contribution >= 0.6 is 11.6 Å². The first kappa shape index (κ1) is 13.3. The smallest absolute Gasteiger partial charge is 0.0598 e. The average Bonchev–Trinajstić information content (AvgIpc) is 2.56. The molecule has 2 heterocycles. The molecule has 0 radical (unpaired) electrons. The lowest BCUT2D eigenvalue weighted by molar-refractivity contribution is 0.651. The van der Waals surface area contributed by atoms with E-state index in [0.717, 1.165) is 31.7 Å². The molecule has 1 aliphatic rings. The van der Waals surface area contributed by atoms with Crippen molar-refractivity contribution in [3.05, 3.63) is 54.4 Å². The van der Waals surface area contributed by atoms with Crippen LogP contribution in [-0.4, -0.2) is 31.2 Å². The predicted molar refractivity (Wildman–Crippen MR) is 84.7 cm³/mol. The van der Waals surface area contributed by atoms with Crippen molar-refractivity contribution in [3.8, 4) is 0 Å². The zero-order valence-corrected chi connectivity index (χ0v) is 12.1. The standard InChI is InChI=1S/C16H18ClN3/c17-12-14-6-7-18-13-16(14)20-10-8-19(9-11-20)15-4-2-1-3-5-15/h1-7,13H,8-12H2. The lowest BCUT2D eigenvalue weighted by Crippen LogP contribution is -2.46. The molecule has 1 saturated heterocycles. The summed E-state index contributed by atoms with van der Waals surface area (Å²) in [5.41, 5.74) is 3.64. The van der Waals surface area contributed by atoms with Crippen LogP contribution in [0.5, 0.6) is 0 Å². The van der Waals surface area contributed by atoms with Gasteiger partial charge in [-0.2, -0.15) is 0 Å². The molecule has 4 heteroatoms. The molecule has 1 aromatic carbocycles. The first-order valence-electron chi connectivity index (χ1n) is 6.92. The van der Waals surface area contributed by atoms with Gasteiger partial charge in [0.2, 0.25) is 0 Å². The maximum atomic E-state index is 6.01. The van der Waals surface area contributed by atoms with E-state index in [4.69, 9.17) is 11.6 Å². The minimum Gasteiger partial charge on any atom is -0.368 e. The third-order valence-corrected chi connectivity index (χ3v) is 4.06. The Morgan fingerprint density at radius 1 is 0.950 bits per heavy atom. The summed E-state index contributed by atoms with van der Waals surface area (Å²) < 4.78 is 0. The molecule has 0 N–H and O–H groups in total. The van der Waals surface area contributed by atoms with E-state index < -0.39 is 0 Å². The van der Waals surface area contributed by atoms with Crippen LogP contribution in [0.3, 0.4) is 0 Å². The number of benzene rings is 1. The van der Waals surface area contributed by atoms with E-state index in [1.165, 1.54) is 11.4 Å². The minimum absolute atomic E-state index is 0.538. The SMILES string of the molecule is ClCc1ccncc1N1CCN(c2ccccc2)CC1. The summed E-state index contributed by atoms with van der Waals surface area (Å²) in [6.45, 7) is 4.07. The maximum absolute atomic E-state index is 6.01. The van der Waals surface area contributed by atoms with Crippen LogP contribution in [0.4, 0.5) is 11.4 Å². The van der Waals surface area contributed by atoms with Crippen LogP contribution in [0.1, 0.15) is 5.56 Å². The molecule has 3 rings (SSSR count). The van der Waals surface area contributed by atoms with Gasteiger partial charge < -0.3 is 9.80 Å². The van der Waals surface area contributed by atoms with Gasteiger partial charge in [0.1, 0.15) is 0 Å². The highest BCUT2D eigenvalue weighted by Crippen LogP contribution is 2.23. The molecule has 20 heavy (non-hydrogen) atoms. The number of anilines is 2. The van der Waals surface area contributed by atoms with Gasteiger partial charge in [-0.25, -0.2) is 0 Å². The third-order valence-electron chi connectivity index (χ3n) is 3.77. The first-order valence-corrected chi connectivity index (χ1v) is 7.46. The van der Waals surface area contributed by atoms with Gasteiger partial charge in [0.25, 0.3) is 0 Å². The quantitative estimate of drug-likeness (QED) is 0.809. The van der Waals surface area contributed by atoms with Crippen LogP contribution in [0.25, 0.3) is 0 Å². The van der Waals surface area contributed by atoms with Gasteiger partial charge in [0.15, 0.2) is 0 Å². The predicted octanol–water partition coefficient (Wildman–Crippen LogP) is 3.15. The van der Waals surface area contributed by atoms with Gasteiger partial charge in [0.05, 0.1) is 11.9 Å². The van der Waals surface area contributed by atoms with Crippen LogP contribution in [-0.2, 0) is 5.88 Å². The highest BCUT2D eigenvalue weighted by molar-refractivity contribution is 6.17. The molecule has 0 aliphatic carbocycles. The highest BCUT2D eigenvalue weighted by atomic mass is 35.5. The van der Waals surface area contributed by atoms with Gasteiger partial charge in [0, 0.05) is 43.9 Å². The Labute approximate surface area is 124 Å². The topological polar surface area (TPSA) is 19.4 Å². The van der Waals surface area contributed by atoms with Gasteiger partial charge in [-0.15, -0.1) is 11.6 Å². The number of piperazine rings is 1. The fraction of sp³-hybridized carbons (Fsp3) is 0.312. The van der Waals surface area contributed by atoms with Crippen molar-refractivity contribution in [2.24, 2.45) is 0 Å². The second-order valence-electron chi connectivity index (χ2n) is 4.95. The molecule has 3 nitrogen and oxygen atoms in total. The Balaban J connectivity index is 1.70. The summed E-state index contributed by atoms with van der Waals surface area (Å²) in [6, 6.07) is 12.6. The van der Waals surface area contributed by atoms with E-state index in [2.05, 4.69) is 45.1 Å². The van der Waals surface area contributed by atoms with Crippen LogP contribution in [0, 0.1) is 0 Å². The van der Waals surface area contributed by atoms with Gasteiger partial charge in [-0.1, -0.05) is 18.2 Å². The van der Waals surface area contributed by atoms with Crippen LogP contribution in [0.2, 0.25) is 0 Å². The normalized spacial score (nSPS) is 15.4. The number of hydrogen-bond acceptors (Lipinski definition) is 3. The fourth-order valence-corrected chi connectivity index (χ4v) is 2.88. The number of halogens is 1. The molecule has 0 spiro atoms. The lowest BCUT2D eigenvalue weighted by atomic mass is 10.2. The van der Waals surface area contributed by atoms with E-state index in [1.54, 1.807) is 6.20 Å². The molecule has 0 bridgehead atoms. The Kier molecular flexibility index (Phi) is 4.07. The summed E-state index contributed by atoms with van der Waals surface area (Å²) in [5.74, 6) is 0.538. The monoisotopic (exact) mass is 287 g/mol. The molecule has 0 saturated carbocycles. The maximum Gasteiger partial charge on any atom is 0.0598 e. The Morgan fingerprint density at radius 2 is 1.65 bits per heavy atom. The molecule has 1 aromatic heterocycles. The Hall–Kier alpha value is -1.74. The van der Waals surface area contributed by atoms with E-state index in [9.17, 15) is 0 Å². The summed E-state index contributed by atoms with van der Waals surface area (Å²) in [7, 11) is 0. The first-order chi connectivity index (χ1) is 9.88. The van der Waals surface area contributed by atoms with E-state index in [-0.39, 0.29) is 0 Å². The molecule has 2 aromatic rings. The number of nitrogens with zero attached hydrogens (tertiary/aromatic N) is 3. The van der Waals surface area contributed by atoms with Gasteiger partial charge >= 0.3 is 0 Å². The van der Waals surface area contributed by atoms with E-state index in [1.807, 2.05) is 12.3 Å².